The number of piperidine rings is 1. The standard InChI is InChI=1S/C20H31N3O3/c1-16(2)13-20(15-24)5-3-7-23(14-20)17-4-6-21-18(12-17)19(25)22-8-10-26-11-9-22/h4,6,12,16,24H,3,5,7-11,13-15H2,1-2H3/t20-/m0/s1. The van der Waals surface area contributed by atoms with E-state index in [0.29, 0.717) is 37.9 Å². The number of nitrogens with zero attached hydrogens (tertiary/aromatic N) is 3. The summed E-state index contributed by atoms with van der Waals surface area (Å²) in [5, 5.41) is 10.1. The second kappa shape index (κ2) is 8.35. The lowest BCUT2D eigenvalue weighted by molar-refractivity contribution is 0.0299. The highest BCUT2D eigenvalue weighted by atomic mass is 16.5. The number of ether oxygens (including phenoxy) is 1. The van der Waals surface area contributed by atoms with Crippen LogP contribution >= 0.6 is 0 Å². The fraction of sp³-hybridized carbons (Fsp3) is 0.700. The van der Waals surface area contributed by atoms with E-state index >= 15 is 0 Å². The number of carbonyl (C=O) groups excluding carboxylic acids is 1. The summed E-state index contributed by atoms with van der Waals surface area (Å²) in [6.07, 6.45) is 4.86. The fourth-order valence-corrected chi connectivity index (χ4v) is 4.32. The monoisotopic (exact) mass is 361 g/mol. The number of hydrogen-bond donors (Lipinski definition) is 1. The topological polar surface area (TPSA) is 65.9 Å². The summed E-state index contributed by atoms with van der Waals surface area (Å²) < 4.78 is 5.33. The van der Waals surface area contributed by atoms with Crippen molar-refractivity contribution in [3.63, 3.8) is 0 Å². The molecule has 2 fully saturated rings. The van der Waals surface area contributed by atoms with Gasteiger partial charge in [0.2, 0.25) is 0 Å². The fourth-order valence-electron chi connectivity index (χ4n) is 4.32. The van der Waals surface area contributed by atoms with E-state index in [2.05, 4.69) is 23.7 Å². The van der Waals surface area contributed by atoms with Crippen LogP contribution in [0.4, 0.5) is 5.69 Å². The summed E-state index contributed by atoms with van der Waals surface area (Å²) in [5.74, 6) is 0.528. The van der Waals surface area contributed by atoms with Crippen molar-refractivity contribution in [1.29, 1.82) is 0 Å². The van der Waals surface area contributed by atoms with Crippen LogP contribution in [-0.4, -0.2) is 66.9 Å². The van der Waals surface area contributed by atoms with Crippen LogP contribution in [0.25, 0.3) is 0 Å². The minimum Gasteiger partial charge on any atom is -0.396 e. The van der Waals surface area contributed by atoms with Gasteiger partial charge in [-0.05, 0) is 37.3 Å². The Balaban J connectivity index is 1.75. The molecule has 26 heavy (non-hydrogen) atoms. The molecular formula is C20H31N3O3. The van der Waals surface area contributed by atoms with Crippen LogP contribution in [0.5, 0.6) is 0 Å². The zero-order valence-corrected chi connectivity index (χ0v) is 16.0. The highest BCUT2D eigenvalue weighted by Gasteiger charge is 2.35. The van der Waals surface area contributed by atoms with Gasteiger partial charge in [-0.1, -0.05) is 13.8 Å². The molecule has 3 heterocycles. The normalized spacial score (nSPS) is 24.2. The van der Waals surface area contributed by atoms with Gasteiger partial charge in [-0.2, -0.15) is 0 Å². The van der Waals surface area contributed by atoms with Gasteiger partial charge in [-0.25, -0.2) is 0 Å². The molecule has 0 bridgehead atoms. The molecule has 1 atom stereocenters. The Morgan fingerprint density at radius 1 is 1.35 bits per heavy atom. The molecule has 2 saturated heterocycles. The number of aliphatic hydroxyl groups is 1. The SMILES string of the molecule is CC(C)C[C@@]1(CO)CCCN(c2ccnc(C(=O)N3CCOCC3)c2)C1. The van der Waals surface area contributed by atoms with Crippen molar-refractivity contribution in [2.75, 3.05) is 50.9 Å². The molecule has 0 saturated carbocycles. The number of aromatic nitrogens is 1. The molecule has 144 valence electrons. The number of aliphatic hydroxyl groups excluding tert-OH is 1. The van der Waals surface area contributed by atoms with Gasteiger partial charge in [0.15, 0.2) is 0 Å². The van der Waals surface area contributed by atoms with Crippen LogP contribution in [-0.2, 0) is 4.74 Å². The molecule has 2 aliphatic rings. The third-order valence-electron chi connectivity index (χ3n) is 5.46. The average Bonchev–Trinajstić information content (AvgIpc) is 2.68. The molecule has 1 amide bonds. The van der Waals surface area contributed by atoms with E-state index < -0.39 is 0 Å². The molecule has 6 heteroatoms. The van der Waals surface area contributed by atoms with E-state index in [1.165, 1.54) is 0 Å². The maximum atomic E-state index is 12.7. The van der Waals surface area contributed by atoms with Gasteiger partial charge < -0.3 is 19.6 Å². The largest absolute Gasteiger partial charge is 0.396 e. The van der Waals surface area contributed by atoms with Crippen molar-refractivity contribution in [3.05, 3.63) is 24.0 Å². The molecule has 0 spiro atoms. The number of rotatable bonds is 5. The number of morpholine rings is 1. The van der Waals surface area contributed by atoms with E-state index in [9.17, 15) is 9.90 Å². The lowest BCUT2D eigenvalue weighted by Gasteiger charge is -2.44. The van der Waals surface area contributed by atoms with Gasteiger partial charge >= 0.3 is 0 Å². The van der Waals surface area contributed by atoms with Crippen molar-refractivity contribution in [1.82, 2.24) is 9.88 Å². The minimum atomic E-state index is -0.0515. The van der Waals surface area contributed by atoms with E-state index in [1.54, 1.807) is 6.20 Å². The first kappa shape index (κ1) is 19.1. The first-order valence-corrected chi connectivity index (χ1v) is 9.72. The van der Waals surface area contributed by atoms with Crippen molar-refractivity contribution in [2.24, 2.45) is 11.3 Å². The molecule has 3 rings (SSSR count). The van der Waals surface area contributed by atoms with Crippen molar-refractivity contribution >= 4 is 11.6 Å². The van der Waals surface area contributed by atoms with Crippen LogP contribution in [0.1, 0.15) is 43.6 Å². The summed E-state index contributed by atoms with van der Waals surface area (Å²) in [5.41, 5.74) is 1.47. The second-order valence-corrected chi connectivity index (χ2v) is 8.09. The Morgan fingerprint density at radius 2 is 2.12 bits per heavy atom. The van der Waals surface area contributed by atoms with Crippen molar-refractivity contribution in [2.45, 2.75) is 33.1 Å². The zero-order chi connectivity index (χ0) is 18.6. The Bertz CT molecular complexity index is 616. The smallest absolute Gasteiger partial charge is 0.272 e. The van der Waals surface area contributed by atoms with E-state index in [0.717, 1.165) is 38.0 Å². The molecule has 1 N–H and O–H groups in total. The van der Waals surface area contributed by atoms with E-state index in [4.69, 9.17) is 4.74 Å². The highest BCUT2D eigenvalue weighted by Crippen LogP contribution is 2.37. The summed E-state index contributed by atoms with van der Waals surface area (Å²) in [4.78, 5) is 21.1. The van der Waals surface area contributed by atoms with Crippen molar-refractivity contribution < 1.29 is 14.6 Å². The number of anilines is 1. The Kier molecular flexibility index (Phi) is 6.14. The van der Waals surface area contributed by atoms with Crippen molar-refractivity contribution in [3.8, 4) is 0 Å². The van der Waals surface area contributed by atoms with Gasteiger partial charge in [0.1, 0.15) is 5.69 Å². The Labute approximate surface area is 156 Å². The molecule has 0 unspecified atom stereocenters. The first-order chi connectivity index (χ1) is 12.5. The molecule has 1 aromatic heterocycles. The van der Waals surface area contributed by atoms with E-state index in [1.807, 2.05) is 17.0 Å². The van der Waals surface area contributed by atoms with Gasteiger partial charge in [0.05, 0.1) is 19.8 Å². The highest BCUT2D eigenvalue weighted by molar-refractivity contribution is 5.93. The summed E-state index contributed by atoms with van der Waals surface area (Å²) in [7, 11) is 0. The number of amides is 1. The van der Waals surface area contributed by atoms with Crippen LogP contribution in [0.2, 0.25) is 0 Å². The summed E-state index contributed by atoms with van der Waals surface area (Å²) in [6, 6.07) is 3.87. The lowest BCUT2D eigenvalue weighted by atomic mass is 9.74. The zero-order valence-electron chi connectivity index (χ0n) is 16.0. The first-order valence-electron chi connectivity index (χ1n) is 9.72. The van der Waals surface area contributed by atoms with Gasteiger partial charge in [-0.15, -0.1) is 0 Å². The Morgan fingerprint density at radius 3 is 2.81 bits per heavy atom. The predicted octanol–water partition coefficient (Wildman–Crippen LogP) is 2.18. The summed E-state index contributed by atoms with van der Waals surface area (Å²) in [6.45, 7) is 8.84. The van der Waals surface area contributed by atoms with Crippen LogP contribution in [0.3, 0.4) is 0 Å². The predicted molar refractivity (Wildman–Crippen MR) is 101 cm³/mol. The van der Waals surface area contributed by atoms with Crippen LogP contribution in [0, 0.1) is 11.3 Å². The van der Waals surface area contributed by atoms with Gasteiger partial charge in [0.25, 0.3) is 5.91 Å². The molecule has 0 aliphatic carbocycles. The molecule has 0 aromatic carbocycles. The maximum absolute atomic E-state index is 12.7. The summed E-state index contributed by atoms with van der Waals surface area (Å²) >= 11 is 0. The molecule has 1 aromatic rings. The molecular weight excluding hydrogens is 330 g/mol. The third kappa shape index (κ3) is 4.35. The average molecular weight is 361 g/mol. The lowest BCUT2D eigenvalue weighted by Crippen LogP contribution is -2.46. The van der Waals surface area contributed by atoms with Gasteiger partial charge in [0, 0.05) is 43.5 Å². The van der Waals surface area contributed by atoms with Crippen LogP contribution in [0.15, 0.2) is 18.3 Å². The Hall–Kier alpha value is -1.66. The number of hydrogen-bond acceptors (Lipinski definition) is 5. The number of carbonyl (C=O) groups is 1. The van der Waals surface area contributed by atoms with E-state index in [-0.39, 0.29) is 17.9 Å². The second-order valence-electron chi connectivity index (χ2n) is 8.09. The quantitative estimate of drug-likeness (QED) is 0.871. The van der Waals surface area contributed by atoms with Crippen LogP contribution < -0.4 is 4.90 Å². The molecule has 0 radical (unpaired) electrons. The minimum absolute atomic E-state index is 0.0252. The van der Waals surface area contributed by atoms with Gasteiger partial charge in [-0.3, -0.25) is 9.78 Å². The number of pyridine rings is 1. The third-order valence-corrected chi connectivity index (χ3v) is 5.46. The molecule has 6 nitrogen and oxygen atoms in total. The molecule has 2 aliphatic heterocycles. The maximum Gasteiger partial charge on any atom is 0.272 e.